The molecule has 196 valence electrons. The lowest BCUT2D eigenvalue weighted by molar-refractivity contribution is -0.0547. The summed E-state index contributed by atoms with van der Waals surface area (Å²) in [4.78, 5) is 52.1. The predicted molar refractivity (Wildman–Crippen MR) is 113 cm³/mol. The molecule has 36 heavy (non-hydrogen) atoms. The number of fused-ring (bicyclic) bond motifs is 1. The first-order chi connectivity index (χ1) is 16.8. The van der Waals surface area contributed by atoms with Crippen molar-refractivity contribution in [3.05, 3.63) is 62.8 Å². The summed E-state index contributed by atoms with van der Waals surface area (Å²) in [6.45, 7) is -1.37. The average Bonchev–Trinajstić information content (AvgIpc) is 3.28. The van der Waals surface area contributed by atoms with Crippen LogP contribution >= 0.6 is 15.6 Å². The van der Waals surface area contributed by atoms with Crippen LogP contribution in [-0.2, 0) is 29.2 Å². The molecule has 2 unspecified atom stereocenters. The molecule has 0 spiro atoms. The zero-order valence-corrected chi connectivity index (χ0v) is 19.5. The van der Waals surface area contributed by atoms with Gasteiger partial charge >= 0.3 is 21.3 Å². The van der Waals surface area contributed by atoms with Crippen molar-refractivity contribution in [3.8, 4) is 0 Å². The van der Waals surface area contributed by atoms with E-state index < -0.39 is 70.4 Å². The van der Waals surface area contributed by atoms with E-state index in [1.165, 1.54) is 6.07 Å². The quantitative estimate of drug-likeness (QED) is 0.215. The summed E-state index contributed by atoms with van der Waals surface area (Å²) in [6, 6.07) is 4.52. The minimum absolute atomic E-state index is 0.0821. The number of aromatic nitrogens is 3. The zero-order chi connectivity index (χ0) is 26.4. The Balaban J connectivity index is 1.57. The van der Waals surface area contributed by atoms with Gasteiger partial charge in [-0.3, -0.25) is 18.5 Å². The van der Waals surface area contributed by atoms with Gasteiger partial charge in [0.05, 0.1) is 13.2 Å². The van der Waals surface area contributed by atoms with Crippen molar-refractivity contribution >= 4 is 26.6 Å². The van der Waals surface area contributed by atoms with Crippen LogP contribution in [0.2, 0.25) is 0 Å². The van der Waals surface area contributed by atoms with Crippen LogP contribution in [0.5, 0.6) is 0 Å². The van der Waals surface area contributed by atoms with E-state index in [0.29, 0.717) is 9.95 Å². The van der Waals surface area contributed by atoms with Gasteiger partial charge in [0, 0.05) is 23.7 Å². The van der Waals surface area contributed by atoms with E-state index in [1.807, 2.05) is 0 Å². The zero-order valence-electron chi connectivity index (χ0n) is 17.7. The van der Waals surface area contributed by atoms with Crippen molar-refractivity contribution < 1.29 is 56.5 Å². The smallest absolute Gasteiger partial charge is 0.387 e. The molecule has 0 radical (unpaired) electrons. The number of halogens is 1. The molecule has 0 saturated carbocycles. The Hall–Kier alpha value is -2.56. The van der Waals surface area contributed by atoms with E-state index in [-0.39, 0.29) is 11.3 Å². The van der Waals surface area contributed by atoms with Crippen molar-refractivity contribution in [2.45, 2.75) is 31.1 Å². The summed E-state index contributed by atoms with van der Waals surface area (Å²) >= 11 is 0. The molecular weight excluding hydrogens is 535 g/mol. The van der Waals surface area contributed by atoms with Gasteiger partial charge in [0.1, 0.15) is 29.8 Å². The van der Waals surface area contributed by atoms with Crippen molar-refractivity contribution in [2.75, 3.05) is 6.61 Å². The highest BCUT2D eigenvalue weighted by atomic mass is 31.3. The maximum atomic E-state index is 13.4. The minimum Gasteiger partial charge on any atom is -0.387 e. The molecule has 16 nitrogen and oxygen atoms in total. The molecule has 0 aliphatic carbocycles. The van der Waals surface area contributed by atoms with Crippen LogP contribution in [0.4, 0.5) is 4.39 Å². The van der Waals surface area contributed by atoms with E-state index in [2.05, 4.69) is 14.0 Å². The van der Waals surface area contributed by atoms with Gasteiger partial charge in [0.15, 0.2) is 11.8 Å². The Morgan fingerprint density at radius 1 is 1.11 bits per heavy atom. The second-order valence-corrected chi connectivity index (χ2v) is 10.4. The molecular formula is C17H18FN3O13P2. The molecule has 5 N–H and O–H groups in total. The number of nitrogens with zero attached hydrogens (tertiary/aromatic N) is 3. The van der Waals surface area contributed by atoms with Gasteiger partial charge in [-0.2, -0.15) is 4.31 Å². The first-order valence-electron chi connectivity index (χ1n) is 9.87. The largest absolute Gasteiger partial charge is 0.481 e. The molecule has 0 amide bonds. The molecule has 5 atom stereocenters. The van der Waals surface area contributed by atoms with Crippen molar-refractivity contribution in [3.63, 3.8) is 0 Å². The van der Waals surface area contributed by atoms with E-state index in [4.69, 9.17) is 19.0 Å². The van der Waals surface area contributed by atoms with E-state index >= 15 is 0 Å². The molecule has 1 aliphatic heterocycles. The summed E-state index contributed by atoms with van der Waals surface area (Å²) < 4.78 is 55.6. The van der Waals surface area contributed by atoms with E-state index in [0.717, 1.165) is 29.0 Å². The van der Waals surface area contributed by atoms with Gasteiger partial charge in [0.2, 0.25) is 0 Å². The van der Waals surface area contributed by atoms with Gasteiger partial charge in [-0.05, 0) is 12.1 Å². The Morgan fingerprint density at radius 3 is 2.53 bits per heavy atom. The lowest BCUT2D eigenvalue weighted by Crippen LogP contribution is -2.43. The summed E-state index contributed by atoms with van der Waals surface area (Å²) in [5.74, 6) is -0.584. The topological polar surface area (TPSA) is 233 Å². The number of hydrogen-bond donors (Lipinski definition) is 5. The lowest BCUT2D eigenvalue weighted by atomic mass is 10.1. The molecule has 3 heterocycles. The summed E-state index contributed by atoms with van der Waals surface area (Å²) in [7, 11) is -10.7. The Bertz CT molecular complexity index is 1500. The van der Waals surface area contributed by atoms with Crippen LogP contribution in [0.1, 0.15) is 11.9 Å². The molecule has 19 heteroatoms. The van der Waals surface area contributed by atoms with Crippen LogP contribution in [0.15, 0.2) is 44.6 Å². The van der Waals surface area contributed by atoms with Crippen LogP contribution in [0.25, 0.3) is 11.0 Å². The van der Waals surface area contributed by atoms with Crippen molar-refractivity contribution in [1.82, 2.24) is 14.3 Å². The standard InChI is InChI=1S/C17H18FN3O13P2/c18-8-1-2-9-10(19-33-11(9)5-8)6-21-13(22)3-4-20(17(21)25)16-15(24)14(23)12(32-16)7-31-36(29,30)34-35(26,27)28/h1-5,12,14-16,23-24H,6-7H2,(H,29,30)(H2,26,27,28)/t12-,14+,15?,16-/m1/s1. The second kappa shape index (κ2) is 9.72. The molecule has 1 fully saturated rings. The highest BCUT2D eigenvalue weighted by Crippen LogP contribution is 2.57. The highest BCUT2D eigenvalue weighted by Gasteiger charge is 2.46. The molecule has 1 aliphatic rings. The van der Waals surface area contributed by atoms with Crippen LogP contribution in [0, 0.1) is 5.82 Å². The lowest BCUT2D eigenvalue weighted by Gasteiger charge is -2.19. The van der Waals surface area contributed by atoms with E-state index in [9.17, 15) is 38.2 Å². The molecule has 2 aromatic heterocycles. The maximum Gasteiger partial charge on any atom is 0.481 e. The SMILES string of the molecule is O=c1ccn([C@@H]2O[C@H](COP(=O)(O)OP(=O)(O)O)[C@H](O)C2O)c(=O)n1Cc1noc2cc(F)ccc12. The maximum absolute atomic E-state index is 13.4. The third-order valence-corrected chi connectivity index (χ3v) is 7.29. The first kappa shape index (κ1) is 26.5. The number of aliphatic hydroxyl groups is 2. The molecule has 0 bridgehead atoms. The summed E-state index contributed by atoms with van der Waals surface area (Å²) in [5.41, 5.74) is -1.56. The van der Waals surface area contributed by atoms with Gasteiger partial charge in [-0.25, -0.2) is 18.3 Å². The van der Waals surface area contributed by atoms with Crippen LogP contribution in [0.3, 0.4) is 0 Å². The third-order valence-electron chi connectivity index (χ3n) is 5.14. The number of phosphoric acid groups is 2. The number of phosphoric ester groups is 1. The Morgan fingerprint density at radius 2 is 1.83 bits per heavy atom. The predicted octanol–water partition coefficient (Wildman–Crippen LogP) is -0.816. The van der Waals surface area contributed by atoms with Crippen LogP contribution < -0.4 is 11.2 Å². The number of rotatable bonds is 8. The second-order valence-electron chi connectivity index (χ2n) is 7.58. The van der Waals surface area contributed by atoms with Gasteiger partial charge in [-0.1, -0.05) is 5.16 Å². The fraction of sp³-hybridized carbons (Fsp3) is 0.353. The molecule has 1 saturated heterocycles. The normalized spacial score (nSPS) is 24.3. The fourth-order valence-corrected chi connectivity index (χ4v) is 5.12. The van der Waals surface area contributed by atoms with Crippen molar-refractivity contribution in [1.29, 1.82) is 0 Å². The van der Waals surface area contributed by atoms with Crippen LogP contribution in [-0.4, -0.2) is 64.1 Å². The third kappa shape index (κ3) is 5.55. The monoisotopic (exact) mass is 553 g/mol. The molecule has 3 aromatic rings. The summed E-state index contributed by atoms with van der Waals surface area (Å²) in [5, 5.41) is 24.7. The average molecular weight is 553 g/mol. The van der Waals surface area contributed by atoms with Crippen molar-refractivity contribution in [2.24, 2.45) is 0 Å². The number of benzene rings is 1. The summed E-state index contributed by atoms with van der Waals surface area (Å²) in [6.07, 6.45) is -5.75. The fourth-order valence-electron chi connectivity index (χ4n) is 3.52. The Kier molecular flexibility index (Phi) is 7.15. The minimum atomic E-state index is -5.39. The van der Waals surface area contributed by atoms with Gasteiger partial charge in [0.25, 0.3) is 5.56 Å². The first-order valence-corrected chi connectivity index (χ1v) is 12.9. The highest BCUT2D eigenvalue weighted by molar-refractivity contribution is 7.60. The number of ether oxygens (including phenoxy) is 1. The van der Waals surface area contributed by atoms with E-state index in [1.54, 1.807) is 0 Å². The Labute approximate surface area is 198 Å². The molecule has 1 aromatic carbocycles. The number of hydrogen-bond acceptors (Lipinski definition) is 11. The molecule has 4 rings (SSSR count). The van der Waals surface area contributed by atoms with Gasteiger partial charge in [-0.15, -0.1) is 0 Å². The van der Waals surface area contributed by atoms with Gasteiger partial charge < -0.3 is 34.2 Å². The number of aliphatic hydroxyl groups excluding tert-OH is 2.